The van der Waals surface area contributed by atoms with Gasteiger partial charge in [0.25, 0.3) is 0 Å². The lowest BCUT2D eigenvalue weighted by molar-refractivity contribution is 0.330. The Hall–Kier alpha value is -1.51. The first-order valence-corrected chi connectivity index (χ1v) is 5.15. The molecule has 0 fully saturated rings. The molecule has 4 nitrogen and oxygen atoms in total. The maximum absolute atomic E-state index is 10.8. The van der Waals surface area contributed by atoms with Gasteiger partial charge in [0.15, 0.2) is 22.6 Å². The van der Waals surface area contributed by atoms with Gasteiger partial charge in [0.05, 0.1) is 12.0 Å². The molecule has 0 radical (unpaired) electrons. The lowest BCUT2D eigenvalue weighted by atomic mass is 10.3. The van der Waals surface area contributed by atoms with Crippen molar-refractivity contribution in [1.82, 2.24) is 0 Å². The third kappa shape index (κ3) is 2.98. The van der Waals surface area contributed by atoms with Gasteiger partial charge < -0.3 is 14.0 Å². The van der Waals surface area contributed by atoms with Crippen molar-refractivity contribution in [1.29, 1.82) is 0 Å². The van der Waals surface area contributed by atoms with Gasteiger partial charge in [-0.25, -0.2) is 4.21 Å². The first-order valence-electron chi connectivity index (χ1n) is 4.04. The van der Waals surface area contributed by atoms with E-state index in [2.05, 4.69) is 5.92 Å². The van der Waals surface area contributed by atoms with E-state index in [0.29, 0.717) is 11.5 Å². The summed E-state index contributed by atoms with van der Waals surface area (Å²) >= 11 is -2.04. The van der Waals surface area contributed by atoms with Crippen molar-refractivity contribution < 1.29 is 18.2 Å². The Balaban J connectivity index is 3.03. The highest BCUT2D eigenvalue weighted by atomic mass is 32.2. The van der Waals surface area contributed by atoms with Gasteiger partial charge in [0.2, 0.25) is 0 Å². The smallest absolute Gasteiger partial charge is 0.186 e. The molecule has 1 unspecified atom stereocenters. The Morgan fingerprint density at radius 2 is 2.27 bits per heavy atom. The summed E-state index contributed by atoms with van der Waals surface area (Å²) in [4.78, 5) is 0.239. The molecular formula is C10H10O4S. The van der Waals surface area contributed by atoms with Crippen LogP contribution in [0, 0.1) is 12.3 Å². The van der Waals surface area contributed by atoms with Crippen LogP contribution in [-0.2, 0) is 11.1 Å². The summed E-state index contributed by atoms with van der Waals surface area (Å²) < 4.78 is 29.8. The summed E-state index contributed by atoms with van der Waals surface area (Å²) in [5.41, 5.74) is 0. The average Bonchev–Trinajstić information content (AvgIpc) is 2.25. The van der Waals surface area contributed by atoms with Gasteiger partial charge in [-0.05, 0) is 12.1 Å². The monoisotopic (exact) mass is 226 g/mol. The summed E-state index contributed by atoms with van der Waals surface area (Å²) in [6.45, 7) is 0.0812. The number of methoxy groups -OCH3 is 1. The molecule has 1 aromatic rings. The highest BCUT2D eigenvalue weighted by Gasteiger charge is 2.08. The van der Waals surface area contributed by atoms with Crippen molar-refractivity contribution in [3.8, 4) is 23.8 Å². The molecule has 0 bridgehead atoms. The van der Waals surface area contributed by atoms with Crippen LogP contribution < -0.4 is 9.47 Å². The fourth-order valence-electron chi connectivity index (χ4n) is 0.998. The quantitative estimate of drug-likeness (QED) is 0.621. The number of terminal acetylenes is 1. The highest BCUT2D eigenvalue weighted by molar-refractivity contribution is 7.79. The number of hydrogen-bond donors (Lipinski definition) is 1. The number of ether oxygens (including phenoxy) is 2. The lowest BCUT2D eigenvalue weighted by Gasteiger charge is -2.09. The van der Waals surface area contributed by atoms with Crippen molar-refractivity contribution >= 4 is 11.1 Å². The molecule has 0 spiro atoms. The molecule has 15 heavy (non-hydrogen) atoms. The van der Waals surface area contributed by atoms with Crippen LogP contribution in [0.2, 0.25) is 0 Å². The summed E-state index contributed by atoms with van der Waals surface area (Å²) in [5, 5.41) is 0. The van der Waals surface area contributed by atoms with Gasteiger partial charge in [-0.15, -0.1) is 6.42 Å². The standard InChI is InChI=1S/C10H10O4S/c1-3-6-14-10-7-8(15(11)12)4-5-9(10)13-2/h1,4-5,7H,6H2,2H3,(H,11,12). The van der Waals surface area contributed by atoms with Crippen molar-refractivity contribution in [3.63, 3.8) is 0 Å². The summed E-state index contributed by atoms with van der Waals surface area (Å²) in [6, 6.07) is 4.46. The summed E-state index contributed by atoms with van der Waals surface area (Å²) in [5.74, 6) is 3.13. The van der Waals surface area contributed by atoms with E-state index in [4.69, 9.17) is 20.4 Å². The fourth-order valence-corrected chi connectivity index (χ4v) is 1.39. The second-order valence-electron chi connectivity index (χ2n) is 2.55. The van der Waals surface area contributed by atoms with Crippen molar-refractivity contribution in [3.05, 3.63) is 18.2 Å². The van der Waals surface area contributed by atoms with E-state index in [9.17, 15) is 4.21 Å². The van der Waals surface area contributed by atoms with E-state index < -0.39 is 11.1 Å². The number of benzene rings is 1. The normalized spacial score (nSPS) is 11.5. The van der Waals surface area contributed by atoms with Crippen LogP contribution in [0.1, 0.15) is 0 Å². The van der Waals surface area contributed by atoms with E-state index in [1.54, 1.807) is 6.07 Å². The molecule has 1 rings (SSSR count). The van der Waals surface area contributed by atoms with Crippen LogP contribution >= 0.6 is 0 Å². The van der Waals surface area contributed by atoms with Crippen molar-refractivity contribution in [2.75, 3.05) is 13.7 Å². The first-order chi connectivity index (χ1) is 7.19. The molecule has 0 saturated heterocycles. The van der Waals surface area contributed by atoms with Gasteiger partial charge in [0.1, 0.15) is 6.61 Å². The number of rotatable bonds is 4. The zero-order valence-electron chi connectivity index (χ0n) is 8.10. The lowest BCUT2D eigenvalue weighted by Crippen LogP contribution is -1.98. The Bertz CT molecular complexity index is 408. The molecule has 80 valence electrons. The fraction of sp³-hybridized carbons (Fsp3) is 0.200. The minimum atomic E-state index is -2.04. The van der Waals surface area contributed by atoms with Crippen molar-refractivity contribution in [2.24, 2.45) is 0 Å². The van der Waals surface area contributed by atoms with E-state index in [-0.39, 0.29) is 11.5 Å². The Kier molecular flexibility index (Phi) is 4.16. The third-order valence-corrected chi connectivity index (χ3v) is 2.30. The third-order valence-electron chi connectivity index (χ3n) is 1.65. The zero-order chi connectivity index (χ0) is 11.3. The molecule has 0 heterocycles. The summed E-state index contributed by atoms with van der Waals surface area (Å²) in [6.07, 6.45) is 5.04. The van der Waals surface area contributed by atoms with E-state index >= 15 is 0 Å². The molecule has 0 aliphatic rings. The van der Waals surface area contributed by atoms with Crippen LogP contribution in [-0.4, -0.2) is 22.5 Å². The topological polar surface area (TPSA) is 55.8 Å². The van der Waals surface area contributed by atoms with Crippen LogP contribution in [0.15, 0.2) is 23.1 Å². The Labute approximate surface area is 90.5 Å². The predicted octanol–water partition coefficient (Wildman–Crippen LogP) is 1.29. The largest absolute Gasteiger partial charge is 0.493 e. The van der Waals surface area contributed by atoms with E-state index in [1.165, 1.54) is 19.2 Å². The van der Waals surface area contributed by atoms with E-state index in [0.717, 1.165) is 0 Å². The van der Waals surface area contributed by atoms with Crippen LogP contribution in [0.5, 0.6) is 11.5 Å². The van der Waals surface area contributed by atoms with Gasteiger partial charge in [-0.2, -0.15) is 0 Å². The van der Waals surface area contributed by atoms with Gasteiger partial charge in [-0.1, -0.05) is 5.92 Å². The minimum Gasteiger partial charge on any atom is -0.493 e. The molecule has 0 aliphatic heterocycles. The molecule has 1 N–H and O–H groups in total. The molecule has 0 saturated carbocycles. The Morgan fingerprint density at radius 3 is 2.80 bits per heavy atom. The maximum Gasteiger partial charge on any atom is 0.186 e. The highest BCUT2D eigenvalue weighted by Crippen LogP contribution is 2.28. The van der Waals surface area contributed by atoms with E-state index in [1.807, 2.05) is 0 Å². The van der Waals surface area contributed by atoms with Gasteiger partial charge >= 0.3 is 0 Å². The zero-order valence-corrected chi connectivity index (χ0v) is 8.91. The second-order valence-corrected chi connectivity index (χ2v) is 3.52. The molecule has 0 amide bonds. The van der Waals surface area contributed by atoms with Crippen LogP contribution in [0.4, 0.5) is 0 Å². The molecule has 1 aromatic carbocycles. The number of hydrogen-bond acceptors (Lipinski definition) is 3. The molecular weight excluding hydrogens is 216 g/mol. The average molecular weight is 226 g/mol. The molecule has 1 atom stereocenters. The molecule has 0 aliphatic carbocycles. The maximum atomic E-state index is 10.8. The SMILES string of the molecule is C#CCOc1cc(S(=O)O)ccc1OC. The minimum absolute atomic E-state index is 0.0812. The van der Waals surface area contributed by atoms with Gasteiger partial charge in [0, 0.05) is 6.07 Å². The summed E-state index contributed by atoms with van der Waals surface area (Å²) in [7, 11) is 1.48. The van der Waals surface area contributed by atoms with Crippen LogP contribution in [0.3, 0.4) is 0 Å². The van der Waals surface area contributed by atoms with Crippen molar-refractivity contribution in [2.45, 2.75) is 4.90 Å². The first kappa shape index (κ1) is 11.6. The predicted molar refractivity (Wildman–Crippen MR) is 56.4 cm³/mol. The molecule has 0 aromatic heterocycles. The molecule has 5 heteroatoms. The Morgan fingerprint density at radius 1 is 1.53 bits per heavy atom. The van der Waals surface area contributed by atoms with Gasteiger partial charge in [-0.3, -0.25) is 0 Å². The second kappa shape index (κ2) is 5.39. The van der Waals surface area contributed by atoms with Crippen LogP contribution in [0.25, 0.3) is 0 Å².